The van der Waals surface area contributed by atoms with Gasteiger partial charge in [0.2, 0.25) is 0 Å². The lowest BCUT2D eigenvalue weighted by Gasteiger charge is -2.56. The molecule has 2 heterocycles. The summed E-state index contributed by atoms with van der Waals surface area (Å²) < 4.78 is 18.8. The quantitative estimate of drug-likeness (QED) is 0.476. The van der Waals surface area contributed by atoms with Gasteiger partial charge in [0.25, 0.3) is 0 Å². The molecule has 5 nitrogen and oxygen atoms in total. The number of hydrogen-bond donors (Lipinski definition) is 0. The van der Waals surface area contributed by atoms with Crippen LogP contribution in [0.25, 0.3) is 0 Å². The molecule has 2 saturated heterocycles. The molecule has 0 radical (unpaired) electrons. The van der Waals surface area contributed by atoms with Crippen molar-refractivity contribution in [2.45, 2.75) is 104 Å². The number of esters is 1. The Morgan fingerprint density at radius 1 is 1.09 bits per heavy atom. The zero-order chi connectivity index (χ0) is 24.0. The van der Waals surface area contributed by atoms with Crippen LogP contribution in [0.15, 0.2) is 11.6 Å². The molecule has 6 aliphatic rings. The van der Waals surface area contributed by atoms with E-state index in [0.29, 0.717) is 29.5 Å². The first kappa shape index (κ1) is 23.2. The van der Waals surface area contributed by atoms with E-state index >= 15 is 0 Å². The Morgan fingerprint density at radius 3 is 2.59 bits per heavy atom. The lowest BCUT2D eigenvalue weighted by molar-refractivity contribution is -0.271. The van der Waals surface area contributed by atoms with Gasteiger partial charge >= 0.3 is 5.97 Å². The molecule has 0 unspecified atom stereocenters. The predicted molar refractivity (Wildman–Crippen MR) is 128 cm³/mol. The van der Waals surface area contributed by atoms with Crippen molar-refractivity contribution >= 4 is 11.8 Å². The van der Waals surface area contributed by atoms with Crippen LogP contribution in [0.4, 0.5) is 0 Å². The first-order valence-electron chi connectivity index (χ1n) is 13.8. The Balaban J connectivity index is 1.29. The van der Waals surface area contributed by atoms with E-state index < -0.39 is 5.79 Å². The number of allylic oxidation sites excluding steroid dienone is 2. The first-order chi connectivity index (χ1) is 16.1. The smallest absolute Gasteiger partial charge is 0.302 e. The molecule has 0 bridgehead atoms. The largest absolute Gasteiger partial charge is 0.463 e. The van der Waals surface area contributed by atoms with Crippen LogP contribution in [0.3, 0.4) is 0 Å². The lowest BCUT2D eigenvalue weighted by atomic mass is 9.48. The van der Waals surface area contributed by atoms with Gasteiger partial charge in [-0.1, -0.05) is 33.3 Å². The number of hydrogen-bond acceptors (Lipinski definition) is 5. The second kappa shape index (κ2) is 7.65. The Kier molecular flexibility index (Phi) is 5.22. The van der Waals surface area contributed by atoms with Gasteiger partial charge in [-0.05, 0) is 80.1 Å². The Hall–Kier alpha value is -1.20. The van der Waals surface area contributed by atoms with Crippen molar-refractivity contribution in [3.8, 4) is 0 Å². The topological polar surface area (TPSA) is 61.8 Å². The van der Waals surface area contributed by atoms with Crippen LogP contribution in [-0.4, -0.2) is 36.4 Å². The molecule has 2 aliphatic heterocycles. The minimum atomic E-state index is -0.487. The maximum Gasteiger partial charge on any atom is 0.302 e. The Labute approximate surface area is 204 Å². The van der Waals surface area contributed by atoms with Gasteiger partial charge in [0.15, 0.2) is 11.6 Å². The summed E-state index contributed by atoms with van der Waals surface area (Å²) >= 11 is 0. The van der Waals surface area contributed by atoms with Crippen LogP contribution in [0.5, 0.6) is 0 Å². The van der Waals surface area contributed by atoms with Gasteiger partial charge in [-0.3, -0.25) is 9.59 Å². The van der Waals surface area contributed by atoms with Crippen LogP contribution in [0.2, 0.25) is 0 Å². The normalized spacial score (nSPS) is 54.0. The Bertz CT molecular complexity index is 915. The zero-order valence-corrected chi connectivity index (χ0v) is 21.6. The Morgan fingerprint density at radius 2 is 1.88 bits per heavy atom. The van der Waals surface area contributed by atoms with E-state index in [2.05, 4.69) is 33.8 Å². The fraction of sp³-hybridized carbons (Fsp3) is 0.862. The van der Waals surface area contributed by atoms with E-state index in [0.717, 1.165) is 58.0 Å². The van der Waals surface area contributed by atoms with Crippen LogP contribution >= 0.6 is 0 Å². The van der Waals surface area contributed by atoms with E-state index in [4.69, 9.17) is 14.2 Å². The molecule has 0 aromatic carbocycles. The van der Waals surface area contributed by atoms with Crippen LogP contribution in [0.1, 0.15) is 86.0 Å². The number of rotatable bonds is 1. The van der Waals surface area contributed by atoms with Crippen molar-refractivity contribution in [3.05, 3.63) is 11.6 Å². The highest BCUT2D eigenvalue weighted by Crippen LogP contribution is 2.69. The van der Waals surface area contributed by atoms with Crippen LogP contribution in [-0.2, 0) is 23.8 Å². The standard InChI is InChI=1S/C29H42O5/c1-16-8-11-29(32-15-16)17(2)26-24(34-29)13-23-21-7-6-19-12-20(33-18(3)30)9-10-27(19,4)22(21)14-25(31)28(23,26)5/h14,16-17,19-21,23-24,26H,6-13,15H2,1-5H3/t16-,17+,19+,20+,21-,23+,24-,26-,27-,28+,29+/m0/s1. The molecular weight excluding hydrogens is 428 g/mol. The van der Waals surface area contributed by atoms with Gasteiger partial charge in [-0.15, -0.1) is 0 Å². The summed E-state index contributed by atoms with van der Waals surface area (Å²) in [5, 5.41) is 0. The summed E-state index contributed by atoms with van der Waals surface area (Å²) in [6.45, 7) is 11.5. The van der Waals surface area contributed by atoms with Crippen LogP contribution in [0, 0.1) is 46.3 Å². The highest BCUT2D eigenvalue weighted by Gasteiger charge is 2.70. The van der Waals surface area contributed by atoms with Gasteiger partial charge in [0.1, 0.15) is 6.10 Å². The molecule has 5 heteroatoms. The maximum atomic E-state index is 14.0. The molecule has 188 valence electrons. The third-order valence-electron chi connectivity index (χ3n) is 11.5. The van der Waals surface area contributed by atoms with E-state index in [-0.39, 0.29) is 40.8 Å². The van der Waals surface area contributed by atoms with Crippen molar-refractivity contribution < 1.29 is 23.8 Å². The van der Waals surface area contributed by atoms with Crippen molar-refractivity contribution in [3.63, 3.8) is 0 Å². The van der Waals surface area contributed by atoms with Gasteiger partial charge < -0.3 is 14.2 Å². The number of ether oxygens (including phenoxy) is 3. The molecule has 11 atom stereocenters. The third kappa shape index (κ3) is 3.04. The van der Waals surface area contributed by atoms with E-state index in [9.17, 15) is 9.59 Å². The van der Waals surface area contributed by atoms with Gasteiger partial charge in [0, 0.05) is 30.6 Å². The average Bonchev–Trinajstić information content (AvgIpc) is 3.23. The summed E-state index contributed by atoms with van der Waals surface area (Å²) in [4.78, 5) is 25.6. The molecule has 3 saturated carbocycles. The molecule has 5 fully saturated rings. The summed E-state index contributed by atoms with van der Waals surface area (Å²) in [6.07, 6.45) is 10.4. The third-order valence-corrected chi connectivity index (χ3v) is 11.5. The van der Waals surface area contributed by atoms with E-state index in [1.54, 1.807) is 0 Å². The molecule has 6 rings (SSSR count). The zero-order valence-electron chi connectivity index (χ0n) is 21.6. The lowest BCUT2D eigenvalue weighted by Crippen LogP contribution is -2.53. The van der Waals surface area contributed by atoms with E-state index in [1.807, 2.05) is 0 Å². The monoisotopic (exact) mass is 470 g/mol. The molecular formula is C29H42O5. The van der Waals surface area contributed by atoms with E-state index in [1.165, 1.54) is 12.5 Å². The number of fused-ring (bicyclic) bond motifs is 7. The summed E-state index contributed by atoms with van der Waals surface area (Å²) in [7, 11) is 0. The van der Waals surface area contributed by atoms with Crippen molar-refractivity contribution in [2.24, 2.45) is 46.3 Å². The number of carbonyl (C=O) groups excluding carboxylic acids is 2. The van der Waals surface area contributed by atoms with Gasteiger partial charge in [-0.2, -0.15) is 0 Å². The molecule has 0 aromatic rings. The van der Waals surface area contributed by atoms with Crippen LogP contribution < -0.4 is 0 Å². The summed E-state index contributed by atoms with van der Waals surface area (Å²) in [6, 6.07) is 0. The van der Waals surface area contributed by atoms with Crippen molar-refractivity contribution in [1.82, 2.24) is 0 Å². The highest BCUT2D eigenvalue weighted by molar-refractivity contribution is 5.97. The minimum absolute atomic E-state index is 0.0340. The fourth-order valence-corrected chi connectivity index (χ4v) is 9.61. The SMILES string of the molecule is CC(=O)O[C@@H]1CC[C@]2(C)C3=CC(=O)[C@]4(C)[C@@H]5[C@H](C[C@@H]4[C@H]3CC[C@@H]2C1)O[C@]1(CC[C@H](C)CO1)[C@@H]5C. The molecule has 0 N–H and O–H groups in total. The number of ketones is 1. The first-order valence-corrected chi connectivity index (χ1v) is 13.8. The predicted octanol–water partition coefficient (Wildman–Crippen LogP) is 5.46. The van der Waals surface area contributed by atoms with Crippen molar-refractivity contribution in [2.75, 3.05) is 6.61 Å². The van der Waals surface area contributed by atoms with Crippen molar-refractivity contribution in [1.29, 1.82) is 0 Å². The maximum absolute atomic E-state index is 14.0. The molecule has 0 aromatic heterocycles. The summed E-state index contributed by atoms with van der Waals surface area (Å²) in [5.41, 5.74) is 1.10. The average molecular weight is 471 g/mol. The van der Waals surface area contributed by atoms with Gasteiger partial charge in [-0.25, -0.2) is 0 Å². The second-order valence-corrected chi connectivity index (χ2v) is 13.1. The minimum Gasteiger partial charge on any atom is -0.463 e. The number of carbonyl (C=O) groups is 2. The van der Waals surface area contributed by atoms with Gasteiger partial charge in [0.05, 0.1) is 12.7 Å². The molecule has 4 aliphatic carbocycles. The molecule has 34 heavy (non-hydrogen) atoms. The highest BCUT2D eigenvalue weighted by atomic mass is 16.7. The fourth-order valence-electron chi connectivity index (χ4n) is 9.61. The summed E-state index contributed by atoms with van der Waals surface area (Å²) in [5.74, 6) is 2.05. The second-order valence-electron chi connectivity index (χ2n) is 13.1. The molecule has 1 spiro atoms. The molecule has 0 amide bonds.